The minimum absolute atomic E-state index is 0.124. The molecule has 0 radical (unpaired) electrons. The lowest BCUT2D eigenvalue weighted by molar-refractivity contribution is -0.0218. The van der Waals surface area contributed by atoms with E-state index in [0.717, 1.165) is 11.8 Å². The van der Waals surface area contributed by atoms with Crippen LogP contribution >= 0.6 is 0 Å². The number of anilines is 1. The van der Waals surface area contributed by atoms with E-state index in [2.05, 4.69) is 21.8 Å². The van der Waals surface area contributed by atoms with Crippen LogP contribution in [0.5, 0.6) is 0 Å². The van der Waals surface area contributed by atoms with Crippen LogP contribution in [0.4, 0.5) is 5.69 Å². The molecule has 0 amide bonds. The molecule has 1 aromatic rings. The summed E-state index contributed by atoms with van der Waals surface area (Å²) in [5.74, 6) is 1.72. The smallest absolute Gasteiger partial charge is 0.229 e. The number of benzene rings is 1. The van der Waals surface area contributed by atoms with Crippen molar-refractivity contribution in [3.8, 4) is 0 Å². The molecule has 1 N–H and O–H groups in total. The zero-order chi connectivity index (χ0) is 16.8. The first-order valence-corrected chi connectivity index (χ1v) is 11.2. The van der Waals surface area contributed by atoms with Gasteiger partial charge in [-0.2, -0.15) is 0 Å². The lowest BCUT2D eigenvalue weighted by Crippen LogP contribution is -2.54. The van der Waals surface area contributed by atoms with Gasteiger partial charge in [-0.1, -0.05) is 25.0 Å². The van der Waals surface area contributed by atoms with Crippen LogP contribution in [0.25, 0.3) is 0 Å². The highest BCUT2D eigenvalue weighted by Crippen LogP contribution is 2.50. The number of fused-ring (bicyclic) bond motifs is 2. The molecule has 3 aliphatic rings. The Balaban J connectivity index is 1.68. The average molecular weight is 349 g/mol. The van der Waals surface area contributed by atoms with Crippen molar-refractivity contribution < 1.29 is 8.42 Å². The minimum atomic E-state index is -3.23. The van der Waals surface area contributed by atoms with E-state index in [1.165, 1.54) is 69.9 Å². The Kier molecular flexibility index (Phi) is 4.12. The second-order valence-electron chi connectivity index (χ2n) is 8.13. The average Bonchev–Trinajstić information content (AvgIpc) is 3.33. The third kappa shape index (κ3) is 3.33. The maximum atomic E-state index is 11.6. The summed E-state index contributed by atoms with van der Waals surface area (Å²) < 4.78 is 25.8. The van der Waals surface area contributed by atoms with Crippen LogP contribution in [0, 0.1) is 11.8 Å². The van der Waals surface area contributed by atoms with E-state index in [0.29, 0.717) is 5.69 Å². The molecule has 2 bridgehead atoms. The van der Waals surface area contributed by atoms with Gasteiger partial charge in [0.05, 0.1) is 6.26 Å². The number of piperidine rings is 1. The molecule has 2 aliphatic carbocycles. The Morgan fingerprint density at radius 3 is 2.83 bits per heavy atom. The maximum absolute atomic E-state index is 11.6. The molecule has 2 saturated carbocycles. The second-order valence-corrected chi connectivity index (χ2v) is 9.88. The van der Waals surface area contributed by atoms with Gasteiger partial charge in [0.25, 0.3) is 0 Å². The van der Waals surface area contributed by atoms with Crippen LogP contribution in [0.15, 0.2) is 24.3 Å². The highest BCUT2D eigenvalue weighted by atomic mass is 32.2. The molecule has 1 aliphatic heterocycles. The van der Waals surface area contributed by atoms with Crippen molar-refractivity contribution in [1.82, 2.24) is 4.90 Å². The molecule has 4 rings (SSSR count). The summed E-state index contributed by atoms with van der Waals surface area (Å²) in [6, 6.07) is 8.15. The van der Waals surface area contributed by atoms with Crippen molar-refractivity contribution >= 4 is 15.7 Å². The van der Waals surface area contributed by atoms with Crippen LogP contribution in [-0.4, -0.2) is 32.7 Å². The number of rotatable bonds is 5. The van der Waals surface area contributed by atoms with Crippen LogP contribution in [0.3, 0.4) is 0 Å². The van der Waals surface area contributed by atoms with E-state index >= 15 is 0 Å². The number of hydrogen-bond donors (Lipinski definition) is 1. The lowest BCUT2D eigenvalue weighted by atomic mass is 9.67. The fourth-order valence-electron chi connectivity index (χ4n) is 4.86. The van der Waals surface area contributed by atoms with Crippen molar-refractivity contribution in [2.24, 2.45) is 11.8 Å². The SMILES string of the molecule is CS(=O)(=O)Nc1cccc(C23CCCC(CCN2CC2CC2)C3)c1. The van der Waals surface area contributed by atoms with E-state index < -0.39 is 10.0 Å². The number of hydrogen-bond acceptors (Lipinski definition) is 3. The first-order valence-electron chi connectivity index (χ1n) is 9.28. The molecule has 0 spiro atoms. The molecule has 0 aromatic heterocycles. The first-order chi connectivity index (χ1) is 11.4. The quantitative estimate of drug-likeness (QED) is 0.885. The molecule has 3 fully saturated rings. The molecule has 1 aromatic carbocycles. The van der Waals surface area contributed by atoms with Crippen molar-refractivity contribution in [2.75, 3.05) is 24.1 Å². The van der Waals surface area contributed by atoms with Gasteiger partial charge in [-0.25, -0.2) is 8.42 Å². The topological polar surface area (TPSA) is 49.4 Å². The summed E-state index contributed by atoms with van der Waals surface area (Å²) in [5, 5.41) is 0. The van der Waals surface area contributed by atoms with Gasteiger partial charge in [-0.3, -0.25) is 9.62 Å². The summed E-state index contributed by atoms with van der Waals surface area (Å²) in [5.41, 5.74) is 2.13. The highest BCUT2D eigenvalue weighted by molar-refractivity contribution is 7.92. The number of sulfonamides is 1. The highest BCUT2D eigenvalue weighted by Gasteiger charge is 2.47. The van der Waals surface area contributed by atoms with Gasteiger partial charge in [0, 0.05) is 17.8 Å². The molecule has 2 unspecified atom stereocenters. The first kappa shape index (κ1) is 16.4. The van der Waals surface area contributed by atoms with Gasteiger partial charge in [0.2, 0.25) is 10.0 Å². The maximum Gasteiger partial charge on any atom is 0.229 e. The summed E-state index contributed by atoms with van der Waals surface area (Å²) >= 11 is 0. The normalized spacial score (nSPS) is 31.0. The van der Waals surface area contributed by atoms with Crippen LogP contribution in [-0.2, 0) is 15.6 Å². The Morgan fingerprint density at radius 1 is 1.25 bits per heavy atom. The fraction of sp³-hybridized carbons (Fsp3) is 0.684. The van der Waals surface area contributed by atoms with Crippen LogP contribution in [0.2, 0.25) is 0 Å². The molecule has 1 heterocycles. The summed E-state index contributed by atoms with van der Waals surface area (Å²) in [6.07, 6.45) is 10.4. The van der Waals surface area contributed by atoms with Gasteiger partial charge in [0.15, 0.2) is 0 Å². The van der Waals surface area contributed by atoms with Crippen molar-refractivity contribution in [3.63, 3.8) is 0 Å². The minimum Gasteiger partial charge on any atom is -0.293 e. The van der Waals surface area contributed by atoms with Gasteiger partial charge >= 0.3 is 0 Å². The fourth-order valence-corrected chi connectivity index (χ4v) is 5.42. The molecule has 2 atom stereocenters. The van der Waals surface area contributed by atoms with E-state index in [1.54, 1.807) is 0 Å². The second kappa shape index (κ2) is 6.03. The zero-order valence-corrected chi connectivity index (χ0v) is 15.3. The zero-order valence-electron chi connectivity index (χ0n) is 14.5. The Hall–Kier alpha value is -1.07. The van der Waals surface area contributed by atoms with Gasteiger partial charge in [-0.15, -0.1) is 0 Å². The van der Waals surface area contributed by atoms with E-state index in [1.807, 2.05) is 12.1 Å². The Morgan fingerprint density at radius 2 is 2.08 bits per heavy atom. The summed E-state index contributed by atoms with van der Waals surface area (Å²) in [7, 11) is -3.23. The van der Waals surface area contributed by atoms with Crippen LogP contribution in [0.1, 0.15) is 50.5 Å². The van der Waals surface area contributed by atoms with E-state index in [4.69, 9.17) is 0 Å². The molecular formula is C19H28N2O2S. The predicted octanol–water partition coefficient (Wildman–Crippen LogP) is 3.56. The predicted molar refractivity (Wildman–Crippen MR) is 97.5 cm³/mol. The van der Waals surface area contributed by atoms with Gasteiger partial charge in [0.1, 0.15) is 0 Å². The lowest BCUT2D eigenvalue weighted by Gasteiger charge is -2.53. The molecular weight excluding hydrogens is 320 g/mol. The Bertz CT molecular complexity index is 714. The van der Waals surface area contributed by atoms with E-state index in [9.17, 15) is 8.42 Å². The molecule has 4 nitrogen and oxygen atoms in total. The monoisotopic (exact) mass is 348 g/mol. The summed E-state index contributed by atoms with van der Waals surface area (Å²) in [4.78, 5) is 2.74. The molecule has 24 heavy (non-hydrogen) atoms. The van der Waals surface area contributed by atoms with E-state index in [-0.39, 0.29) is 5.54 Å². The number of nitrogens with one attached hydrogen (secondary N) is 1. The standard InChI is InChI=1S/C19H28N2O2S/c1-24(22,23)20-18-6-2-5-17(12-18)19-10-3-4-15(13-19)9-11-21(19)14-16-7-8-16/h2,5-6,12,15-16,20H,3-4,7-11,13-14H2,1H3. The Labute approximate surface area is 145 Å². The van der Waals surface area contributed by atoms with Crippen molar-refractivity contribution in [3.05, 3.63) is 29.8 Å². The van der Waals surface area contributed by atoms with Gasteiger partial charge < -0.3 is 0 Å². The third-order valence-electron chi connectivity index (χ3n) is 6.12. The van der Waals surface area contributed by atoms with Crippen molar-refractivity contribution in [1.29, 1.82) is 0 Å². The number of likely N-dealkylation sites (tertiary alicyclic amines) is 1. The van der Waals surface area contributed by atoms with Gasteiger partial charge in [-0.05, 0) is 68.2 Å². The van der Waals surface area contributed by atoms with Crippen LogP contribution < -0.4 is 4.72 Å². The van der Waals surface area contributed by atoms with Crippen molar-refractivity contribution in [2.45, 2.75) is 50.5 Å². The largest absolute Gasteiger partial charge is 0.293 e. The number of nitrogens with zero attached hydrogens (tertiary/aromatic N) is 1. The molecule has 132 valence electrons. The molecule has 1 saturated heterocycles. The molecule has 5 heteroatoms. The third-order valence-corrected chi connectivity index (χ3v) is 6.73. The summed E-state index contributed by atoms with van der Waals surface area (Å²) in [6.45, 7) is 2.42.